The number of carbonyl (C=O) groups excluding carboxylic acids is 3. The lowest BCUT2D eigenvalue weighted by molar-refractivity contribution is -0.221. The van der Waals surface area contributed by atoms with Crippen molar-refractivity contribution in [3.05, 3.63) is 0 Å². The van der Waals surface area contributed by atoms with E-state index in [1.807, 2.05) is 0 Å². The van der Waals surface area contributed by atoms with Gasteiger partial charge in [-0.1, -0.05) is 0 Å². The van der Waals surface area contributed by atoms with Crippen LogP contribution in [0.1, 0.15) is 25.7 Å². The molecular weight excluding hydrogens is 346 g/mol. The Kier molecular flexibility index (Phi) is 4.32. The molecule has 2 aliphatic rings. The highest BCUT2D eigenvalue weighted by atomic mass is 32.2. The monoisotopic (exact) mass is 358 g/mol. The first-order valence-electron chi connectivity index (χ1n) is 6.44. The molecule has 9 nitrogen and oxygen atoms in total. The minimum Gasteiger partial charge on any atom is -0.448 e. The van der Waals surface area contributed by atoms with Gasteiger partial charge in [-0.25, -0.2) is 9.59 Å². The van der Waals surface area contributed by atoms with Gasteiger partial charge in [0.25, 0.3) is 5.79 Å². The SMILES string of the molecule is O=C(COC(=O)C(F)(F)S(=O)(=O)O)OC12CCCC(C1)C(=O)O2. The first kappa shape index (κ1) is 17.5. The van der Waals surface area contributed by atoms with Crippen molar-refractivity contribution in [2.45, 2.75) is 36.7 Å². The summed E-state index contributed by atoms with van der Waals surface area (Å²) in [7, 11) is -6.02. The molecule has 0 aromatic rings. The molecule has 0 spiro atoms. The maximum Gasteiger partial charge on any atom is 0.465 e. The summed E-state index contributed by atoms with van der Waals surface area (Å²) in [6.45, 7) is -1.33. The van der Waals surface area contributed by atoms with Crippen molar-refractivity contribution in [3.8, 4) is 0 Å². The third kappa shape index (κ3) is 3.42. The molecule has 0 radical (unpaired) electrons. The van der Waals surface area contributed by atoms with Crippen molar-refractivity contribution in [1.29, 1.82) is 0 Å². The molecule has 2 unspecified atom stereocenters. The van der Waals surface area contributed by atoms with E-state index in [0.717, 1.165) is 0 Å². The second-order valence-electron chi connectivity index (χ2n) is 5.17. The second-order valence-corrected chi connectivity index (χ2v) is 6.63. The summed E-state index contributed by atoms with van der Waals surface area (Å²) >= 11 is 0. The fourth-order valence-corrected chi connectivity index (χ4v) is 2.69. The van der Waals surface area contributed by atoms with Crippen molar-refractivity contribution in [2.24, 2.45) is 5.92 Å². The van der Waals surface area contributed by atoms with E-state index in [4.69, 9.17) is 14.0 Å². The molecule has 2 bridgehead atoms. The van der Waals surface area contributed by atoms with Crippen LogP contribution in [-0.2, 0) is 38.7 Å². The Bertz CT molecular complexity index is 644. The third-order valence-electron chi connectivity index (χ3n) is 3.47. The first-order chi connectivity index (χ1) is 10.5. The van der Waals surface area contributed by atoms with Gasteiger partial charge in [0.05, 0.1) is 5.92 Å². The van der Waals surface area contributed by atoms with Gasteiger partial charge >= 0.3 is 33.3 Å². The molecule has 1 aliphatic heterocycles. The minimum atomic E-state index is -6.02. The summed E-state index contributed by atoms with van der Waals surface area (Å²) in [4.78, 5) is 33.9. The zero-order valence-electron chi connectivity index (χ0n) is 11.5. The van der Waals surface area contributed by atoms with Crippen LogP contribution in [0.15, 0.2) is 0 Å². The average molecular weight is 358 g/mol. The van der Waals surface area contributed by atoms with Gasteiger partial charge in [0.1, 0.15) is 0 Å². The highest BCUT2D eigenvalue weighted by Crippen LogP contribution is 2.43. The summed E-state index contributed by atoms with van der Waals surface area (Å²) in [5.41, 5.74) is 0. The lowest BCUT2D eigenvalue weighted by Gasteiger charge is -2.29. The second kappa shape index (κ2) is 5.67. The van der Waals surface area contributed by atoms with Crippen LogP contribution in [0.3, 0.4) is 0 Å². The van der Waals surface area contributed by atoms with E-state index >= 15 is 0 Å². The van der Waals surface area contributed by atoms with Crippen molar-refractivity contribution >= 4 is 28.0 Å². The molecule has 1 aliphatic carbocycles. The van der Waals surface area contributed by atoms with Gasteiger partial charge in [-0.2, -0.15) is 17.2 Å². The highest BCUT2D eigenvalue weighted by molar-refractivity contribution is 7.87. The van der Waals surface area contributed by atoms with Crippen LogP contribution in [0.5, 0.6) is 0 Å². The molecule has 130 valence electrons. The molecule has 0 amide bonds. The zero-order valence-corrected chi connectivity index (χ0v) is 12.3. The number of rotatable bonds is 5. The van der Waals surface area contributed by atoms with Crippen LogP contribution in [-0.4, -0.2) is 48.5 Å². The van der Waals surface area contributed by atoms with Crippen molar-refractivity contribution in [2.75, 3.05) is 6.61 Å². The normalized spacial score (nSPS) is 27.3. The molecule has 1 heterocycles. The van der Waals surface area contributed by atoms with Gasteiger partial charge in [-0.15, -0.1) is 0 Å². The molecule has 2 atom stereocenters. The number of alkyl halides is 2. The molecule has 12 heteroatoms. The first-order valence-corrected chi connectivity index (χ1v) is 7.88. The van der Waals surface area contributed by atoms with Crippen molar-refractivity contribution < 1.29 is 50.3 Å². The Morgan fingerprint density at radius 2 is 2.09 bits per heavy atom. The molecule has 23 heavy (non-hydrogen) atoms. The van der Waals surface area contributed by atoms with Crippen LogP contribution < -0.4 is 0 Å². The molecule has 1 saturated carbocycles. The molecule has 0 aromatic heterocycles. The average Bonchev–Trinajstić information content (AvgIpc) is 2.64. The van der Waals surface area contributed by atoms with Gasteiger partial charge in [-0.05, 0) is 12.8 Å². The Balaban J connectivity index is 1.91. The summed E-state index contributed by atoms with van der Waals surface area (Å²) in [6.07, 6.45) is 1.46. The van der Waals surface area contributed by atoms with Crippen molar-refractivity contribution in [3.63, 3.8) is 0 Å². The molecule has 2 rings (SSSR count). The molecule has 1 saturated heterocycles. The van der Waals surface area contributed by atoms with E-state index in [1.165, 1.54) is 0 Å². The number of carbonyl (C=O) groups is 3. The summed E-state index contributed by atoms with van der Waals surface area (Å²) in [5.74, 6) is -6.37. The Hall–Kier alpha value is -1.82. The standard InChI is InChI=1S/C11H12F2O9S/c12-11(13,23(17,18)19)9(16)20-5-7(14)21-10-3-1-2-6(4-10)8(15)22-10/h6H,1-5H2,(H,17,18,19). The van der Waals surface area contributed by atoms with E-state index in [2.05, 4.69) is 4.74 Å². The summed E-state index contributed by atoms with van der Waals surface area (Å²) in [6, 6.07) is 0. The lowest BCUT2D eigenvalue weighted by atomic mass is 9.88. The quantitative estimate of drug-likeness (QED) is 0.532. The van der Waals surface area contributed by atoms with E-state index in [1.54, 1.807) is 0 Å². The Labute approximate surface area is 128 Å². The maximum absolute atomic E-state index is 12.9. The predicted molar refractivity (Wildman–Crippen MR) is 64.3 cm³/mol. The largest absolute Gasteiger partial charge is 0.465 e. The van der Waals surface area contributed by atoms with Crippen LogP contribution >= 0.6 is 0 Å². The number of hydrogen-bond acceptors (Lipinski definition) is 8. The molecule has 0 aromatic carbocycles. The summed E-state index contributed by atoms with van der Waals surface area (Å²) in [5, 5.41) is -5.21. The van der Waals surface area contributed by atoms with E-state index in [0.29, 0.717) is 12.8 Å². The van der Waals surface area contributed by atoms with Gasteiger partial charge in [0.2, 0.25) is 0 Å². The van der Waals surface area contributed by atoms with Gasteiger partial charge in [0, 0.05) is 12.8 Å². The van der Waals surface area contributed by atoms with Crippen molar-refractivity contribution in [1.82, 2.24) is 0 Å². The number of ether oxygens (including phenoxy) is 3. The van der Waals surface area contributed by atoms with Gasteiger partial charge < -0.3 is 14.2 Å². The number of fused-ring (bicyclic) bond motifs is 2. The number of halogens is 2. The number of hydrogen-bond donors (Lipinski definition) is 1. The lowest BCUT2D eigenvalue weighted by Crippen LogP contribution is -2.41. The fourth-order valence-electron chi connectivity index (χ4n) is 2.42. The van der Waals surface area contributed by atoms with Crippen LogP contribution in [0.2, 0.25) is 0 Å². The van der Waals surface area contributed by atoms with E-state index in [-0.39, 0.29) is 12.8 Å². The zero-order chi connectivity index (χ0) is 17.5. The summed E-state index contributed by atoms with van der Waals surface area (Å²) < 4.78 is 68.3. The van der Waals surface area contributed by atoms with Gasteiger partial charge in [0.15, 0.2) is 6.61 Å². The topological polar surface area (TPSA) is 133 Å². The van der Waals surface area contributed by atoms with Gasteiger partial charge in [-0.3, -0.25) is 9.35 Å². The van der Waals surface area contributed by atoms with Crippen LogP contribution in [0, 0.1) is 5.92 Å². The highest BCUT2D eigenvalue weighted by Gasteiger charge is 2.55. The number of esters is 3. The molecule has 1 N–H and O–H groups in total. The minimum absolute atomic E-state index is 0.118. The van der Waals surface area contributed by atoms with Crippen LogP contribution in [0.4, 0.5) is 8.78 Å². The van der Waals surface area contributed by atoms with E-state index in [9.17, 15) is 31.6 Å². The maximum atomic E-state index is 12.9. The fraction of sp³-hybridized carbons (Fsp3) is 0.727. The Morgan fingerprint density at radius 1 is 1.43 bits per heavy atom. The van der Waals surface area contributed by atoms with E-state index < -0.39 is 51.6 Å². The smallest absolute Gasteiger partial charge is 0.448 e. The Morgan fingerprint density at radius 3 is 2.70 bits per heavy atom. The predicted octanol–water partition coefficient (Wildman–Crippen LogP) is -0.00330. The van der Waals surface area contributed by atoms with Crippen LogP contribution in [0.25, 0.3) is 0 Å². The molecule has 2 fully saturated rings. The third-order valence-corrected chi connectivity index (χ3v) is 4.28. The molecular formula is C11H12F2O9S.